The van der Waals surface area contributed by atoms with Crippen LogP contribution in [0, 0.1) is 21.3 Å². The number of methoxy groups -OCH3 is 2. The highest BCUT2D eigenvalue weighted by atomic mass is 127. The Balaban J connectivity index is 1.33. The van der Waals surface area contributed by atoms with Crippen LogP contribution in [0.2, 0.25) is 0 Å². The van der Waals surface area contributed by atoms with Gasteiger partial charge in [-0.1, -0.05) is 30.9 Å². The Kier molecular flexibility index (Phi) is 8.50. The monoisotopic (exact) mass is 635 g/mol. The zero-order valence-corrected chi connectivity index (χ0v) is 24.7. The first kappa shape index (κ1) is 27.6. The number of hydrogen-bond acceptors (Lipinski definition) is 6. The molecule has 3 fully saturated rings. The largest absolute Gasteiger partial charge is 0.504 e. The fraction of sp³-hybridized carbons (Fsp3) is 0.600. The quantitative estimate of drug-likeness (QED) is 0.231. The van der Waals surface area contributed by atoms with Crippen LogP contribution in [0.3, 0.4) is 0 Å². The maximum absolute atomic E-state index is 13.7. The van der Waals surface area contributed by atoms with Gasteiger partial charge in [0.05, 0.1) is 41.8 Å². The zero-order valence-electron chi connectivity index (χ0n) is 22.5. The van der Waals surface area contributed by atoms with Crippen molar-refractivity contribution in [1.82, 2.24) is 4.90 Å². The van der Waals surface area contributed by atoms with Gasteiger partial charge in [0.1, 0.15) is 0 Å². The maximum atomic E-state index is 13.7. The molecule has 0 radical (unpaired) electrons. The standard InChI is InChI=1S/C30H38INO6/c1-17(11-18-12-23(31)28(33)25(13-18)37-3)9-10-24-26-19(15-36-2)14-21-27(22(26)16-38-24)30(35)32(29(21)34)20-7-5-4-6-8-20/h11-13,20-22,24,27,33H,4-10,14-16H2,1-3H3/b17-11+/t21-,22+,24-,27-/m1/s1. The van der Waals surface area contributed by atoms with E-state index in [4.69, 9.17) is 14.2 Å². The second kappa shape index (κ2) is 11.7. The highest BCUT2D eigenvalue weighted by molar-refractivity contribution is 14.1. The lowest BCUT2D eigenvalue weighted by atomic mass is 9.69. The number of aromatic hydroxyl groups is 1. The predicted molar refractivity (Wildman–Crippen MR) is 153 cm³/mol. The second-order valence-corrected chi connectivity index (χ2v) is 12.3. The molecule has 0 spiro atoms. The van der Waals surface area contributed by atoms with Gasteiger partial charge in [0, 0.05) is 19.1 Å². The van der Waals surface area contributed by atoms with Crippen molar-refractivity contribution in [1.29, 1.82) is 0 Å². The first-order valence-corrected chi connectivity index (χ1v) is 14.8. The van der Waals surface area contributed by atoms with E-state index in [1.807, 2.05) is 12.1 Å². The van der Waals surface area contributed by atoms with Crippen LogP contribution < -0.4 is 4.74 Å². The Hall–Kier alpha value is -1.91. The van der Waals surface area contributed by atoms with Gasteiger partial charge in [-0.25, -0.2) is 0 Å². The molecule has 1 N–H and O–H groups in total. The topological polar surface area (TPSA) is 85.3 Å². The number of rotatable bonds is 8. The average molecular weight is 636 g/mol. The third kappa shape index (κ3) is 5.16. The van der Waals surface area contributed by atoms with Crippen molar-refractivity contribution in [3.63, 3.8) is 0 Å². The summed E-state index contributed by atoms with van der Waals surface area (Å²) in [6.45, 7) is 3.06. The van der Waals surface area contributed by atoms with Gasteiger partial charge >= 0.3 is 0 Å². The number of amides is 2. The molecule has 8 heteroatoms. The van der Waals surface area contributed by atoms with Crippen molar-refractivity contribution in [2.75, 3.05) is 27.4 Å². The lowest BCUT2D eigenvalue weighted by Crippen LogP contribution is -2.42. The molecule has 1 saturated carbocycles. The summed E-state index contributed by atoms with van der Waals surface area (Å²) in [4.78, 5) is 28.9. The molecule has 1 aromatic carbocycles. The molecule has 1 aromatic rings. The van der Waals surface area contributed by atoms with Gasteiger partial charge in [-0.3, -0.25) is 14.5 Å². The summed E-state index contributed by atoms with van der Waals surface area (Å²) < 4.78 is 18.0. The SMILES string of the molecule is COCC1=C2[C@@H](CC/C(C)=C/c3cc(I)c(O)c(OC)c3)OC[C@@H]2[C@@H]2C(=O)N(C3CCCCC3)C(=O)[C@@H]2C1. The number of phenolic OH excluding ortho intramolecular Hbond substituents is 1. The van der Waals surface area contributed by atoms with E-state index in [9.17, 15) is 14.7 Å². The van der Waals surface area contributed by atoms with Crippen LogP contribution in [0.5, 0.6) is 11.5 Å². The van der Waals surface area contributed by atoms with Crippen molar-refractivity contribution in [2.24, 2.45) is 17.8 Å². The summed E-state index contributed by atoms with van der Waals surface area (Å²) in [7, 11) is 3.24. The molecule has 7 nitrogen and oxygen atoms in total. The van der Waals surface area contributed by atoms with Gasteiger partial charge in [-0.05, 0) is 90.5 Å². The van der Waals surface area contributed by atoms with E-state index in [0.717, 1.165) is 53.2 Å². The van der Waals surface area contributed by atoms with Gasteiger partial charge in [-0.2, -0.15) is 0 Å². The van der Waals surface area contributed by atoms with Crippen LogP contribution >= 0.6 is 22.6 Å². The van der Waals surface area contributed by atoms with E-state index < -0.39 is 0 Å². The number of allylic oxidation sites excluding steroid dienone is 1. The smallest absolute Gasteiger partial charge is 0.234 e. The number of imide groups is 1. The van der Waals surface area contributed by atoms with Crippen molar-refractivity contribution in [2.45, 2.75) is 70.4 Å². The number of ether oxygens (including phenoxy) is 3. The highest BCUT2D eigenvalue weighted by Gasteiger charge is 2.58. The summed E-state index contributed by atoms with van der Waals surface area (Å²) in [5.41, 5.74) is 4.52. The van der Waals surface area contributed by atoms with Crippen molar-refractivity contribution < 1.29 is 28.9 Å². The van der Waals surface area contributed by atoms with E-state index in [2.05, 4.69) is 35.6 Å². The molecule has 206 valence electrons. The molecule has 0 aromatic heterocycles. The molecule has 5 rings (SSSR count). The molecule has 4 atom stereocenters. The average Bonchev–Trinajstić information content (AvgIpc) is 3.44. The van der Waals surface area contributed by atoms with Gasteiger partial charge in [0.2, 0.25) is 11.8 Å². The molecule has 2 aliphatic carbocycles. The summed E-state index contributed by atoms with van der Waals surface area (Å²) >= 11 is 2.11. The summed E-state index contributed by atoms with van der Waals surface area (Å²) in [5.74, 6) is 0.0574. The molecular weight excluding hydrogens is 597 g/mol. The van der Waals surface area contributed by atoms with Crippen LogP contribution in [0.25, 0.3) is 6.08 Å². The van der Waals surface area contributed by atoms with Gasteiger partial charge in [0.15, 0.2) is 11.5 Å². The van der Waals surface area contributed by atoms with Crippen molar-refractivity contribution >= 4 is 40.5 Å². The Morgan fingerprint density at radius 3 is 2.63 bits per heavy atom. The van der Waals surface area contributed by atoms with E-state index in [-0.39, 0.29) is 47.5 Å². The van der Waals surface area contributed by atoms with Crippen LogP contribution in [0.4, 0.5) is 0 Å². The maximum Gasteiger partial charge on any atom is 0.234 e. The normalized spacial score (nSPS) is 28.2. The van der Waals surface area contributed by atoms with Crippen LogP contribution in [-0.2, 0) is 19.1 Å². The Labute approximate surface area is 238 Å². The van der Waals surface area contributed by atoms with E-state index >= 15 is 0 Å². The molecule has 2 heterocycles. The summed E-state index contributed by atoms with van der Waals surface area (Å²) in [6.07, 6.45) is 9.51. The number of benzene rings is 1. The number of phenols is 1. The Morgan fingerprint density at radius 1 is 1.16 bits per heavy atom. The second-order valence-electron chi connectivity index (χ2n) is 11.2. The van der Waals surface area contributed by atoms with Gasteiger partial charge in [-0.15, -0.1) is 0 Å². The predicted octanol–water partition coefficient (Wildman–Crippen LogP) is 5.48. The third-order valence-corrected chi connectivity index (χ3v) is 9.61. The minimum Gasteiger partial charge on any atom is -0.504 e. The summed E-state index contributed by atoms with van der Waals surface area (Å²) in [6, 6.07) is 3.84. The molecule has 38 heavy (non-hydrogen) atoms. The summed E-state index contributed by atoms with van der Waals surface area (Å²) in [5, 5.41) is 10.1. The van der Waals surface area contributed by atoms with Gasteiger partial charge in [0.25, 0.3) is 0 Å². The fourth-order valence-corrected chi connectivity index (χ4v) is 7.68. The molecular formula is C30H38INO6. The lowest BCUT2D eigenvalue weighted by Gasteiger charge is -2.31. The highest BCUT2D eigenvalue weighted by Crippen LogP contribution is 2.50. The van der Waals surface area contributed by atoms with Crippen LogP contribution in [0.15, 0.2) is 28.9 Å². The van der Waals surface area contributed by atoms with Crippen LogP contribution in [-0.4, -0.2) is 61.4 Å². The van der Waals surface area contributed by atoms with Gasteiger partial charge < -0.3 is 19.3 Å². The molecule has 2 amide bonds. The first-order chi connectivity index (χ1) is 18.3. The molecule has 0 bridgehead atoms. The first-order valence-electron chi connectivity index (χ1n) is 13.8. The Bertz CT molecular complexity index is 1150. The van der Waals surface area contributed by atoms with Crippen LogP contribution in [0.1, 0.15) is 63.9 Å². The van der Waals surface area contributed by atoms with E-state index in [1.54, 1.807) is 19.1 Å². The minimum absolute atomic E-state index is 0.0285. The number of halogens is 1. The van der Waals surface area contributed by atoms with E-state index in [0.29, 0.717) is 25.4 Å². The third-order valence-electron chi connectivity index (χ3n) is 8.79. The molecule has 2 aliphatic heterocycles. The number of carbonyl (C=O) groups is 2. The molecule has 2 saturated heterocycles. The van der Waals surface area contributed by atoms with Crippen molar-refractivity contribution in [3.05, 3.63) is 38.0 Å². The number of nitrogens with zero attached hydrogens (tertiary/aromatic N) is 1. The zero-order chi connectivity index (χ0) is 27.0. The molecule has 4 aliphatic rings. The number of likely N-dealkylation sites (tertiary alicyclic amines) is 1. The minimum atomic E-state index is -0.298. The fourth-order valence-electron chi connectivity index (χ4n) is 7.05. The van der Waals surface area contributed by atoms with E-state index in [1.165, 1.54) is 17.6 Å². The lowest BCUT2D eigenvalue weighted by molar-refractivity contribution is -0.143. The Morgan fingerprint density at radius 2 is 1.92 bits per heavy atom. The number of carbonyl (C=O) groups excluding carboxylic acids is 2. The van der Waals surface area contributed by atoms with Crippen molar-refractivity contribution in [3.8, 4) is 11.5 Å². The molecule has 0 unspecified atom stereocenters. The number of hydrogen-bond donors (Lipinski definition) is 1. The number of fused-ring (bicyclic) bond motifs is 3.